The molecule has 2 unspecified atom stereocenters. The van der Waals surface area contributed by atoms with Crippen LogP contribution < -0.4 is 10.6 Å². The van der Waals surface area contributed by atoms with Gasteiger partial charge in [-0.2, -0.15) is 0 Å². The van der Waals surface area contributed by atoms with Gasteiger partial charge >= 0.3 is 0 Å². The number of hydrogen-bond acceptors (Lipinski definition) is 6. The molecule has 4 nitrogen and oxygen atoms in total. The van der Waals surface area contributed by atoms with Crippen LogP contribution >= 0.6 is 23.1 Å². The van der Waals surface area contributed by atoms with Gasteiger partial charge in [0.1, 0.15) is 5.00 Å². The van der Waals surface area contributed by atoms with E-state index in [1.165, 1.54) is 11.3 Å². The molecule has 1 aliphatic heterocycles. The number of thiophene rings is 1. The first-order chi connectivity index (χ1) is 9.47. The van der Waals surface area contributed by atoms with Crippen LogP contribution in [-0.2, 0) is 4.74 Å². The van der Waals surface area contributed by atoms with Gasteiger partial charge in [-0.05, 0) is 20.1 Å². The van der Waals surface area contributed by atoms with Gasteiger partial charge in [0.15, 0.2) is 5.78 Å². The van der Waals surface area contributed by atoms with Crippen LogP contribution in [0.3, 0.4) is 0 Å². The Morgan fingerprint density at radius 2 is 2.05 bits per heavy atom. The van der Waals surface area contributed by atoms with Crippen molar-refractivity contribution in [3.63, 3.8) is 0 Å². The molecule has 1 fully saturated rings. The highest BCUT2D eigenvalue weighted by molar-refractivity contribution is 7.99. The smallest absolute Gasteiger partial charge is 0.174 e. The lowest BCUT2D eigenvalue weighted by molar-refractivity contribution is -0.00513. The first-order valence-electron chi connectivity index (χ1n) is 6.87. The first-order valence-corrected chi connectivity index (χ1v) is 8.91. The van der Waals surface area contributed by atoms with Crippen LogP contribution in [0.2, 0.25) is 0 Å². The lowest BCUT2D eigenvalue weighted by atomic mass is 10.2. The molecular weight excluding hydrogens is 292 g/mol. The molecule has 0 radical (unpaired) electrons. The molecule has 2 atom stereocenters. The zero-order valence-corrected chi connectivity index (χ0v) is 14.1. The number of thioether (sulfide) groups is 1. The molecule has 2 heterocycles. The second kappa shape index (κ2) is 6.37. The normalized spacial score (nSPS) is 23.1. The van der Waals surface area contributed by atoms with E-state index in [1.807, 2.05) is 13.2 Å². The van der Waals surface area contributed by atoms with Crippen molar-refractivity contribution in [3.8, 4) is 0 Å². The number of rotatable bonds is 4. The van der Waals surface area contributed by atoms with Gasteiger partial charge in [-0.25, -0.2) is 0 Å². The van der Waals surface area contributed by atoms with E-state index in [-0.39, 0.29) is 18.0 Å². The van der Waals surface area contributed by atoms with E-state index < -0.39 is 0 Å². The molecule has 1 aromatic heterocycles. The molecule has 1 saturated heterocycles. The third-order valence-electron chi connectivity index (χ3n) is 3.37. The second-order valence-corrected chi connectivity index (χ2v) is 6.94. The Morgan fingerprint density at radius 3 is 2.55 bits per heavy atom. The van der Waals surface area contributed by atoms with Gasteiger partial charge in [0.05, 0.1) is 27.7 Å². The summed E-state index contributed by atoms with van der Waals surface area (Å²) in [6.45, 7) is 7.72. The van der Waals surface area contributed by atoms with Crippen LogP contribution in [0.5, 0.6) is 0 Å². The topological polar surface area (TPSA) is 55.6 Å². The quantitative estimate of drug-likeness (QED) is 0.683. The highest BCUT2D eigenvalue weighted by Gasteiger charge is 2.28. The summed E-state index contributed by atoms with van der Waals surface area (Å²) in [6, 6.07) is 0. The van der Waals surface area contributed by atoms with Gasteiger partial charge in [0.25, 0.3) is 0 Å². The van der Waals surface area contributed by atoms with Crippen LogP contribution in [0.1, 0.15) is 36.9 Å². The highest BCUT2D eigenvalue weighted by Crippen LogP contribution is 2.44. The number of nitrogens with two attached hydrogens (primary N) is 1. The second-order valence-electron chi connectivity index (χ2n) is 5.12. The minimum absolute atomic E-state index is 0.128. The summed E-state index contributed by atoms with van der Waals surface area (Å²) < 4.78 is 5.78. The number of nitrogen functional groups attached to an aromatic ring is 1. The van der Waals surface area contributed by atoms with Gasteiger partial charge in [0.2, 0.25) is 0 Å². The van der Waals surface area contributed by atoms with Gasteiger partial charge in [-0.3, -0.25) is 4.79 Å². The number of ether oxygens (including phenoxy) is 1. The lowest BCUT2D eigenvalue weighted by Gasteiger charge is -2.36. The Labute approximate surface area is 128 Å². The molecule has 112 valence electrons. The van der Waals surface area contributed by atoms with Crippen molar-refractivity contribution in [1.82, 2.24) is 0 Å². The van der Waals surface area contributed by atoms with E-state index in [0.717, 1.165) is 23.0 Å². The third-order valence-corrected chi connectivity index (χ3v) is 5.63. The molecule has 2 rings (SSSR count). The monoisotopic (exact) mass is 314 g/mol. The van der Waals surface area contributed by atoms with Gasteiger partial charge in [-0.15, -0.1) is 23.1 Å². The van der Waals surface area contributed by atoms with Crippen LogP contribution in [0.25, 0.3) is 0 Å². The summed E-state index contributed by atoms with van der Waals surface area (Å²) >= 11 is 3.15. The summed E-state index contributed by atoms with van der Waals surface area (Å²) in [4.78, 5) is 16.1. The fraction of sp³-hybridized carbons (Fsp3) is 0.643. The Kier molecular flexibility index (Phi) is 4.99. The van der Waals surface area contributed by atoms with E-state index in [4.69, 9.17) is 10.5 Å². The maximum Gasteiger partial charge on any atom is 0.174 e. The molecule has 20 heavy (non-hydrogen) atoms. The summed E-state index contributed by atoms with van der Waals surface area (Å²) in [5.74, 6) is 0.128. The molecule has 0 spiro atoms. The predicted molar refractivity (Wildman–Crippen MR) is 87.4 cm³/mol. The molecule has 0 saturated carbocycles. The Morgan fingerprint density at radius 1 is 1.45 bits per heavy atom. The van der Waals surface area contributed by atoms with Crippen molar-refractivity contribution < 1.29 is 9.53 Å². The molecule has 6 heteroatoms. The third kappa shape index (κ3) is 2.97. The number of hydrogen-bond donors (Lipinski definition) is 1. The predicted octanol–water partition coefficient (Wildman–Crippen LogP) is 3.26. The molecule has 0 amide bonds. The molecule has 2 N–H and O–H groups in total. The number of ketones is 1. The molecule has 0 bridgehead atoms. The van der Waals surface area contributed by atoms with E-state index in [0.29, 0.717) is 17.0 Å². The zero-order chi connectivity index (χ0) is 14.9. The average Bonchev–Trinajstić information content (AvgIpc) is 2.73. The molecule has 1 aromatic rings. The van der Waals surface area contributed by atoms with Crippen molar-refractivity contribution in [2.45, 2.75) is 44.3 Å². The van der Waals surface area contributed by atoms with E-state index in [2.05, 4.69) is 18.7 Å². The van der Waals surface area contributed by atoms with E-state index >= 15 is 0 Å². The van der Waals surface area contributed by atoms with E-state index in [1.54, 1.807) is 11.8 Å². The summed E-state index contributed by atoms with van der Waals surface area (Å²) in [6.07, 6.45) is 2.90. The summed E-state index contributed by atoms with van der Waals surface area (Å²) in [7, 11) is 0. The van der Waals surface area contributed by atoms with Gasteiger partial charge in [-0.1, -0.05) is 6.92 Å². The maximum atomic E-state index is 12.0. The van der Waals surface area contributed by atoms with Crippen molar-refractivity contribution >= 4 is 39.6 Å². The van der Waals surface area contributed by atoms with Crippen molar-refractivity contribution in [3.05, 3.63) is 4.88 Å². The maximum absolute atomic E-state index is 12.0. The first kappa shape index (κ1) is 15.7. The largest absolute Gasteiger partial charge is 0.396 e. The molecule has 0 aliphatic carbocycles. The number of carbonyl (C=O) groups excluding carboxylic acids is 1. The van der Waals surface area contributed by atoms with Gasteiger partial charge < -0.3 is 15.4 Å². The Bertz CT molecular complexity index is 492. The summed E-state index contributed by atoms with van der Waals surface area (Å²) in [5.41, 5.74) is 6.83. The van der Waals surface area contributed by atoms with E-state index in [9.17, 15) is 4.79 Å². The van der Waals surface area contributed by atoms with Gasteiger partial charge in [0, 0.05) is 19.5 Å². The minimum atomic E-state index is 0.128. The lowest BCUT2D eigenvalue weighted by Crippen LogP contribution is -2.45. The fourth-order valence-corrected chi connectivity index (χ4v) is 4.74. The fourth-order valence-electron chi connectivity index (χ4n) is 2.53. The SMILES string of the molecule is CCC(=O)c1sc(N2CC(C)OC(C)C2)c(SC)c1N. The van der Waals surface area contributed by atoms with Crippen LogP contribution in [-0.4, -0.2) is 37.3 Å². The summed E-state index contributed by atoms with van der Waals surface area (Å²) in [5, 5.41) is 1.12. The Balaban J connectivity index is 2.38. The minimum Gasteiger partial charge on any atom is -0.396 e. The number of anilines is 2. The standard InChI is InChI=1S/C14H22N2O2S2/c1-5-10(17)12-11(15)13(19-4)14(20-12)16-6-8(2)18-9(3)7-16/h8-9H,5-7,15H2,1-4H3. The molecule has 0 aromatic carbocycles. The van der Waals surface area contributed by atoms with Crippen molar-refractivity contribution in [2.24, 2.45) is 0 Å². The Hall–Kier alpha value is -0.720. The number of nitrogens with zero attached hydrogens (tertiary/aromatic N) is 1. The van der Waals surface area contributed by atoms with Crippen LogP contribution in [0, 0.1) is 0 Å². The number of Topliss-reactive ketones (excluding diaryl/α,β-unsaturated/α-hetero) is 1. The van der Waals surface area contributed by atoms with Crippen molar-refractivity contribution in [1.29, 1.82) is 0 Å². The van der Waals surface area contributed by atoms with Crippen LogP contribution in [0.15, 0.2) is 4.90 Å². The number of morpholine rings is 1. The molecular formula is C14H22N2O2S2. The highest BCUT2D eigenvalue weighted by atomic mass is 32.2. The van der Waals surface area contributed by atoms with Crippen molar-refractivity contribution in [2.75, 3.05) is 30.0 Å². The zero-order valence-electron chi connectivity index (χ0n) is 12.4. The average molecular weight is 314 g/mol. The molecule has 1 aliphatic rings. The van der Waals surface area contributed by atoms with Crippen LogP contribution in [0.4, 0.5) is 10.7 Å². The number of carbonyl (C=O) groups is 1.